The summed E-state index contributed by atoms with van der Waals surface area (Å²) in [7, 11) is 2.04. The minimum atomic E-state index is 0.404. The van der Waals surface area contributed by atoms with Crippen molar-refractivity contribution in [3.8, 4) is 0 Å². The van der Waals surface area contributed by atoms with E-state index >= 15 is 0 Å². The molecule has 0 bridgehead atoms. The minimum Gasteiger partial charge on any atom is -0.377 e. The summed E-state index contributed by atoms with van der Waals surface area (Å²) in [5.74, 6) is 0. The fraction of sp³-hybridized carbons (Fsp3) is 0.800. The van der Waals surface area contributed by atoms with Crippen molar-refractivity contribution in [3.63, 3.8) is 0 Å². The number of aromatic nitrogens is 2. The standard InChI is InChI=1S/C15H26BrN3O/c1-4-9-20-12-7-6-8-19(10-12)11-14-15(16)13(5-2)17-18(14)3/h12H,4-11H2,1-3H3. The maximum absolute atomic E-state index is 5.91. The largest absolute Gasteiger partial charge is 0.377 e. The van der Waals surface area contributed by atoms with Gasteiger partial charge in [0.05, 0.1) is 22.0 Å². The third kappa shape index (κ3) is 3.83. The molecule has 114 valence electrons. The van der Waals surface area contributed by atoms with Crippen LogP contribution in [0.5, 0.6) is 0 Å². The predicted octanol–water partition coefficient (Wildman–Crippen LogP) is 3.14. The van der Waals surface area contributed by atoms with Crippen LogP contribution in [0.25, 0.3) is 0 Å². The van der Waals surface area contributed by atoms with Crippen LogP contribution < -0.4 is 0 Å². The SMILES string of the molecule is CCCOC1CCCN(Cc2c(Br)c(CC)nn2C)C1. The van der Waals surface area contributed by atoms with E-state index in [1.807, 2.05) is 11.7 Å². The molecule has 0 spiro atoms. The molecule has 4 nitrogen and oxygen atoms in total. The quantitative estimate of drug-likeness (QED) is 0.794. The van der Waals surface area contributed by atoms with Gasteiger partial charge >= 0.3 is 0 Å². The number of hydrogen-bond donors (Lipinski definition) is 0. The summed E-state index contributed by atoms with van der Waals surface area (Å²) in [4.78, 5) is 2.49. The van der Waals surface area contributed by atoms with Gasteiger partial charge in [0.25, 0.3) is 0 Å². The second-order valence-electron chi connectivity index (χ2n) is 5.55. The van der Waals surface area contributed by atoms with Gasteiger partial charge in [-0.15, -0.1) is 0 Å². The van der Waals surface area contributed by atoms with Crippen molar-refractivity contribution in [2.24, 2.45) is 7.05 Å². The fourth-order valence-corrected chi connectivity index (χ4v) is 3.52. The number of piperidine rings is 1. The Hall–Kier alpha value is -0.390. The van der Waals surface area contributed by atoms with Crippen molar-refractivity contribution in [2.75, 3.05) is 19.7 Å². The topological polar surface area (TPSA) is 30.3 Å². The van der Waals surface area contributed by atoms with Gasteiger partial charge in [-0.3, -0.25) is 9.58 Å². The number of likely N-dealkylation sites (tertiary alicyclic amines) is 1. The molecule has 1 atom stereocenters. The Balaban J connectivity index is 1.97. The van der Waals surface area contributed by atoms with Crippen LogP contribution in [0.4, 0.5) is 0 Å². The molecule has 0 aromatic carbocycles. The molecule has 1 aliphatic heterocycles. The Morgan fingerprint density at radius 3 is 2.85 bits per heavy atom. The molecule has 0 aliphatic carbocycles. The van der Waals surface area contributed by atoms with E-state index in [9.17, 15) is 0 Å². The van der Waals surface area contributed by atoms with Gasteiger partial charge in [-0.2, -0.15) is 5.10 Å². The molecule has 1 aliphatic rings. The van der Waals surface area contributed by atoms with Gasteiger partial charge in [0.1, 0.15) is 0 Å². The second kappa shape index (κ2) is 7.57. The lowest BCUT2D eigenvalue weighted by atomic mass is 10.1. The molecule has 0 radical (unpaired) electrons. The number of rotatable bonds is 6. The van der Waals surface area contributed by atoms with Crippen molar-refractivity contribution in [2.45, 2.75) is 52.2 Å². The number of aryl methyl sites for hydroxylation is 2. The smallest absolute Gasteiger partial charge is 0.0767 e. The Morgan fingerprint density at radius 2 is 2.20 bits per heavy atom. The molecular weight excluding hydrogens is 318 g/mol. The van der Waals surface area contributed by atoms with Crippen molar-refractivity contribution >= 4 is 15.9 Å². The molecule has 1 aromatic rings. The lowest BCUT2D eigenvalue weighted by Crippen LogP contribution is -2.39. The van der Waals surface area contributed by atoms with Crippen LogP contribution in [-0.4, -0.2) is 40.5 Å². The zero-order valence-corrected chi connectivity index (χ0v) is 14.4. The van der Waals surface area contributed by atoms with E-state index in [1.54, 1.807) is 0 Å². The maximum atomic E-state index is 5.91. The zero-order chi connectivity index (χ0) is 14.5. The molecule has 1 unspecified atom stereocenters. The zero-order valence-electron chi connectivity index (χ0n) is 12.9. The van der Waals surface area contributed by atoms with Crippen molar-refractivity contribution in [1.82, 2.24) is 14.7 Å². The van der Waals surface area contributed by atoms with Crippen LogP contribution >= 0.6 is 15.9 Å². The maximum Gasteiger partial charge on any atom is 0.0767 e. The van der Waals surface area contributed by atoms with Gasteiger partial charge in [0, 0.05) is 26.7 Å². The average Bonchev–Trinajstić information content (AvgIpc) is 2.73. The van der Waals surface area contributed by atoms with Gasteiger partial charge in [-0.25, -0.2) is 0 Å². The number of ether oxygens (including phenoxy) is 1. The molecule has 0 N–H and O–H groups in total. The van der Waals surface area contributed by atoms with E-state index < -0.39 is 0 Å². The van der Waals surface area contributed by atoms with Crippen molar-refractivity contribution in [3.05, 3.63) is 15.9 Å². The summed E-state index contributed by atoms with van der Waals surface area (Å²) >= 11 is 3.70. The molecule has 1 saturated heterocycles. The highest BCUT2D eigenvalue weighted by Crippen LogP contribution is 2.24. The second-order valence-corrected chi connectivity index (χ2v) is 6.35. The lowest BCUT2D eigenvalue weighted by Gasteiger charge is -2.32. The van der Waals surface area contributed by atoms with Gasteiger partial charge in [-0.1, -0.05) is 13.8 Å². The number of hydrogen-bond acceptors (Lipinski definition) is 3. The predicted molar refractivity (Wildman–Crippen MR) is 84.8 cm³/mol. The summed E-state index contributed by atoms with van der Waals surface area (Å²) < 4.78 is 9.10. The van der Waals surface area contributed by atoms with Crippen LogP contribution in [0.3, 0.4) is 0 Å². The van der Waals surface area contributed by atoms with E-state index in [1.165, 1.54) is 23.0 Å². The third-order valence-electron chi connectivity index (χ3n) is 3.90. The first-order valence-electron chi connectivity index (χ1n) is 7.69. The summed E-state index contributed by atoms with van der Waals surface area (Å²) in [6.07, 6.45) is 4.90. The summed E-state index contributed by atoms with van der Waals surface area (Å²) in [5.41, 5.74) is 2.43. The van der Waals surface area contributed by atoms with E-state index in [0.717, 1.165) is 44.8 Å². The highest BCUT2D eigenvalue weighted by Gasteiger charge is 2.22. The molecule has 20 heavy (non-hydrogen) atoms. The highest BCUT2D eigenvalue weighted by atomic mass is 79.9. The lowest BCUT2D eigenvalue weighted by molar-refractivity contribution is -0.00283. The molecule has 1 fully saturated rings. The molecule has 2 heterocycles. The van der Waals surface area contributed by atoms with Crippen LogP contribution in [0.1, 0.15) is 44.5 Å². The molecule has 1 aromatic heterocycles. The van der Waals surface area contributed by atoms with Crippen LogP contribution in [0.2, 0.25) is 0 Å². The Labute approximate surface area is 130 Å². The normalized spacial score (nSPS) is 20.5. The van der Waals surface area contributed by atoms with Crippen molar-refractivity contribution < 1.29 is 4.74 Å². The van der Waals surface area contributed by atoms with Crippen LogP contribution in [-0.2, 0) is 24.8 Å². The Kier molecular flexibility index (Phi) is 6.05. The number of halogens is 1. The van der Waals surface area contributed by atoms with E-state index in [0.29, 0.717) is 6.10 Å². The first kappa shape index (κ1) is 16.0. The molecule has 0 saturated carbocycles. The van der Waals surface area contributed by atoms with Gasteiger partial charge in [-0.05, 0) is 48.2 Å². The van der Waals surface area contributed by atoms with Crippen molar-refractivity contribution in [1.29, 1.82) is 0 Å². The van der Waals surface area contributed by atoms with E-state index in [2.05, 4.69) is 39.8 Å². The van der Waals surface area contributed by atoms with Crippen LogP contribution in [0.15, 0.2) is 4.47 Å². The Morgan fingerprint density at radius 1 is 1.40 bits per heavy atom. The Bertz CT molecular complexity index is 433. The summed E-state index contributed by atoms with van der Waals surface area (Å²) in [6.45, 7) is 8.35. The minimum absolute atomic E-state index is 0.404. The molecule has 5 heteroatoms. The van der Waals surface area contributed by atoms with E-state index in [-0.39, 0.29) is 0 Å². The van der Waals surface area contributed by atoms with Gasteiger partial charge in [0.15, 0.2) is 0 Å². The molecule has 0 amide bonds. The third-order valence-corrected chi connectivity index (χ3v) is 4.81. The highest BCUT2D eigenvalue weighted by molar-refractivity contribution is 9.10. The first-order chi connectivity index (χ1) is 9.65. The summed E-state index contributed by atoms with van der Waals surface area (Å²) in [6, 6.07) is 0. The molecule has 2 rings (SSSR count). The van der Waals surface area contributed by atoms with Gasteiger partial charge in [0.2, 0.25) is 0 Å². The van der Waals surface area contributed by atoms with E-state index in [4.69, 9.17) is 4.74 Å². The average molecular weight is 344 g/mol. The number of nitrogens with zero attached hydrogens (tertiary/aromatic N) is 3. The molecular formula is C15H26BrN3O. The van der Waals surface area contributed by atoms with Crippen LogP contribution in [0, 0.1) is 0 Å². The van der Waals surface area contributed by atoms with Gasteiger partial charge < -0.3 is 4.74 Å². The first-order valence-corrected chi connectivity index (χ1v) is 8.49. The summed E-state index contributed by atoms with van der Waals surface area (Å²) in [5, 5.41) is 4.57. The monoisotopic (exact) mass is 343 g/mol. The fourth-order valence-electron chi connectivity index (χ4n) is 2.78.